The molecule has 0 aromatic heterocycles. The maximum absolute atomic E-state index is 12.2. The van der Waals surface area contributed by atoms with Crippen molar-refractivity contribution in [3.05, 3.63) is 34.9 Å². The van der Waals surface area contributed by atoms with Gasteiger partial charge in [0.25, 0.3) is 0 Å². The Morgan fingerprint density at radius 2 is 2.00 bits per heavy atom. The molecule has 114 valence electrons. The molecule has 0 heterocycles. The molecule has 0 aliphatic carbocycles. The van der Waals surface area contributed by atoms with E-state index in [2.05, 4.69) is 5.32 Å². The van der Waals surface area contributed by atoms with Crippen molar-refractivity contribution < 1.29 is 17.9 Å². The van der Waals surface area contributed by atoms with Gasteiger partial charge in [0.05, 0.1) is 19.1 Å². The molecule has 6 heteroatoms. The first-order valence-electron chi connectivity index (χ1n) is 6.45. The zero-order valence-electron chi connectivity index (χ0n) is 11.5. The van der Waals surface area contributed by atoms with E-state index in [-0.39, 0.29) is 12.6 Å². The number of alkyl halides is 3. The first-order chi connectivity index (χ1) is 9.28. The van der Waals surface area contributed by atoms with Crippen LogP contribution in [0, 0.1) is 0 Å². The molecule has 0 amide bonds. The second kappa shape index (κ2) is 7.86. The van der Waals surface area contributed by atoms with Gasteiger partial charge in [-0.1, -0.05) is 37.6 Å². The zero-order chi connectivity index (χ0) is 15.2. The first-order valence-corrected chi connectivity index (χ1v) is 6.83. The Labute approximate surface area is 122 Å². The van der Waals surface area contributed by atoms with Crippen LogP contribution in [0.2, 0.25) is 5.02 Å². The van der Waals surface area contributed by atoms with Crippen molar-refractivity contribution in [3.8, 4) is 0 Å². The van der Waals surface area contributed by atoms with E-state index >= 15 is 0 Å². The third-order valence-electron chi connectivity index (χ3n) is 2.64. The first kappa shape index (κ1) is 17.3. The summed E-state index contributed by atoms with van der Waals surface area (Å²) in [7, 11) is 0. The minimum atomic E-state index is -4.20. The van der Waals surface area contributed by atoms with Crippen molar-refractivity contribution in [1.82, 2.24) is 5.32 Å². The van der Waals surface area contributed by atoms with Gasteiger partial charge in [-0.3, -0.25) is 0 Å². The molecule has 1 N–H and O–H groups in total. The number of ether oxygens (including phenoxy) is 1. The van der Waals surface area contributed by atoms with Gasteiger partial charge >= 0.3 is 6.18 Å². The third kappa shape index (κ3) is 7.12. The van der Waals surface area contributed by atoms with Gasteiger partial charge in [0, 0.05) is 17.6 Å². The van der Waals surface area contributed by atoms with E-state index in [1.54, 1.807) is 24.3 Å². The van der Waals surface area contributed by atoms with E-state index in [4.69, 9.17) is 16.3 Å². The van der Waals surface area contributed by atoms with E-state index in [1.165, 1.54) is 0 Å². The van der Waals surface area contributed by atoms with Gasteiger partial charge in [0.2, 0.25) is 0 Å². The quantitative estimate of drug-likeness (QED) is 0.808. The van der Waals surface area contributed by atoms with Crippen LogP contribution >= 0.6 is 11.6 Å². The molecule has 1 atom stereocenters. The monoisotopic (exact) mass is 309 g/mol. The van der Waals surface area contributed by atoms with Crippen molar-refractivity contribution in [2.75, 3.05) is 13.2 Å². The zero-order valence-corrected chi connectivity index (χ0v) is 12.3. The van der Waals surface area contributed by atoms with E-state index < -0.39 is 18.7 Å². The lowest BCUT2D eigenvalue weighted by Gasteiger charge is -2.21. The van der Waals surface area contributed by atoms with Gasteiger partial charge in [-0.15, -0.1) is 0 Å². The molecule has 1 aromatic rings. The molecule has 0 saturated carbocycles. The van der Waals surface area contributed by atoms with Gasteiger partial charge in [0.1, 0.15) is 0 Å². The Hall–Kier alpha value is -0.780. The average molecular weight is 310 g/mol. The molecule has 0 radical (unpaired) electrons. The molecule has 1 aromatic carbocycles. The second-order valence-corrected chi connectivity index (χ2v) is 5.28. The van der Waals surface area contributed by atoms with Gasteiger partial charge in [0.15, 0.2) is 0 Å². The van der Waals surface area contributed by atoms with E-state index in [0.29, 0.717) is 11.6 Å². The van der Waals surface area contributed by atoms with Crippen LogP contribution in [-0.2, 0) is 4.74 Å². The van der Waals surface area contributed by atoms with Crippen LogP contribution in [-0.4, -0.2) is 25.4 Å². The summed E-state index contributed by atoms with van der Waals surface area (Å²) in [5.74, 6) is 0. The Morgan fingerprint density at radius 1 is 1.30 bits per heavy atom. The lowest BCUT2D eigenvalue weighted by molar-refractivity contribution is -0.149. The number of rotatable bonds is 7. The fourth-order valence-corrected chi connectivity index (χ4v) is 1.84. The Kier molecular flexibility index (Phi) is 6.79. The van der Waals surface area contributed by atoms with Crippen LogP contribution in [0.3, 0.4) is 0 Å². The molecule has 0 bridgehead atoms. The molecule has 1 unspecified atom stereocenters. The normalized spacial score (nSPS) is 13.8. The molecule has 20 heavy (non-hydrogen) atoms. The van der Waals surface area contributed by atoms with Gasteiger partial charge in [-0.05, 0) is 17.7 Å². The summed E-state index contributed by atoms with van der Waals surface area (Å²) in [4.78, 5) is 0. The molecule has 0 aliphatic heterocycles. The number of hydrogen-bond donors (Lipinski definition) is 1. The van der Waals surface area contributed by atoms with E-state index in [0.717, 1.165) is 5.56 Å². The van der Waals surface area contributed by atoms with Crippen molar-refractivity contribution in [2.24, 2.45) is 0 Å². The summed E-state index contributed by atoms with van der Waals surface area (Å²) in [5.41, 5.74) is 0.771. The average Bonchev–Trinajstić information content (AvgIpc) is 2.31. The number of halogens is 4. The number of benzene rings is 1. The number of nitrogens with one attached hydrogen (secondary N) is 1. The molecule has 2 nitrogen and oxygen atoms in total. The molecule has 0 spiro atoms. The summed E-state index contributed by atoms with van der Waals surface area (Å²) in [6, 6.07) is 7.21. The van der Waals surface area contributed by atoms with Crippen molar-refractivity contribution in [1.29, 1.82) is 0 Å². The molecule has 0 saturated heterocycles. The highest BCUT2D eigenvalue weighted by Crippen LogP contribution is 2.24. The van der Waals surface area contributed by atoms with Crippen LogP contribution in [0.4, 0.5) is 13.2 Å². The van der Waals surface area contributed by atoms with Gasteiger partial charge < -0.3 is 10.1 Å². The predicted octanol–water partition coefficient (Wildman–Crippen LogP) is 4.35. The minimum Gasteiger partial charge on any atom is -0.372 e. The minimum absolute atomic E-state index is 0.225. The summed E-state index contributed by atoms with van der Waals surface area (Å²) in [6.45, 7) is 4.01. The maximum atomic E-state index is 12.2. The number of hydrogen-bond acceptors (Lipinski definition) is 2. The van der Waals surface area contributed by atoms with Gasteiger partial charge in [-0.2, -0.15) is 13.2 Å². The standard InChI is InChI=1S/C14H19ClF3NO/c1-10(2)19-9-13(20-7-6-14(16,17)18)11-4-3-5-12(15)8-11/h3-5,8,10,13,19H,6-7,9H2,1-2H3. The van der Waals surface area contributed by atoms with Crippen LogP contribution < -0.4 is 5.32 Å². The Balaban J connectivity index is 2.65. The second-order valence-electron chi connectivity index (χ2n) is 4.84. The SMILES string of the molecule is CC(C)NCC(OCCC(F)(F)F)c1cccc(Cl)c1. The highest BCUT2D eigenvalue weighted by atomic mass is 35.5. The van der Waals surface area contributed by atoms with E-state index in [1.807, 2.05) is 13.8 Å². The summed E-state index contributed by atoms with van der Waals surface area (Å²) in [6.07, 6.45) is -5.60. The third-order valence-corrected chi connectivity index (χ3v) is 2.87. The Morgan fingerprint density at radius 3 is 2.55 bits per heavy atom. The summed E-state index contributed by atoms with van der Waals surface area (Å²) >= 11 is 5.90. The fraction of sp³-hybridized carbons (Fsp3) is 0.571. The lowest BCUT2D eigenvalue weighted by Crippen LogP contribution is -2.29. The highest BCUT2D eigenvalue weighted by molar-refractivity contribution is 6.30. The molecule has 1 rings (SSSR count). The summed E-state index contributed by atoms with van der Waals surface area (Å²) in [5, 5.41) is 3.70. The molecule has 0 aliphatic rings. The van der Waals surface area contributed by atoms with Crippen LogP contribution in [0.1, 0.15) is 31.9 Å². The summed E-state index contributed by atoms with van der Waals surface area (Å²) < 4.78 is 41.9. The molecule has 0 fully saturated rings. The fourth-order valence-electron chi connectivity index (χ4n) is 1.64. The predicted molar refractivity (Wildman–Crippen MR) is 74.0 cm³/mol. The van der Waals surface area contributed by atoms with E-state index in [9.17, 15) is 13.2 Å². The van der Waals surface area contributed by atoms with Crippen LogP contribution in [0.5, 0.6) is 0 Å². The van der Waals surface area contributed by atoms with Crippen molar-refractivity contribution in [3.63, 3.8) is 0 Å². The smallest absolute Gasteiger partial charge is 0.372 e. The van der Waals surface area contributed by atoms with Gasteiger partial charge in [-0.25, -0.2) is 0 Å². The van der Waals surface area contributed by atoms with Crippen LogP contribution in [0.25, 0.3) is 0 Å². The molecular formula is C14H19ClF3NO. The highest BCUT2D eigenvalue weighted by Gasteiger charge is 2.27. The van der Waals surface area contributed by atoms with Crippen molar-refractivity contribution >= 4 is 11.6 Å². The maximum Gasteiger partial charge on any atom is 0.391 e. The largest absolute Gasteiger partial charge is 0.391 e. The molecular weight excluding hydrogens is 291 g/mol. The van der Waals surface area contributed by atoms with Crippen LogP contribution in [0.15, 0.2) is 24.3 Å². The lowest BCUT2D eigenvalue weighted by atomic mass is 10.1. The topological polar surface area (TPSA) is 21.3 Å². The van der Waals surface area contributed by atoms with Crippen molar-refractivity contribution in [2.45, 2.75) is 38.6 Å². The Bertz CT molecular complexity index is 410.